The normalized spacial score (nSPS) is 19.3. The summed E-state index contributed by atoms with van der Waals surface area (Å²) in [6.07, 6.45) is 1.39. The molecule has 0 atom stereocenters. The average molecular weight is 258 g/mol. The maximum atomic E-state index is 12.4. The summed E-state index contributed by atoms with van der Waals surface area (Å²) in [7, 11) is 0. The van der Waals surface area contributed by atoms with Crippen molar-refractivity contribution in [2.24, 2.45) is 5.92 Å². The van der Waals surface area contributed by atoms with Crippen LogP contribution in [-0.2, 0) is 27.2 Å². The Morgan fingerprint density at radius 1 is 1.05 bits per heavy atom. The third-order valence-electron chi connectivity index (χ3n) is 3.66. The Labute approximate surface area is 110 Å². The highest BCUT2D eigenvalue weighted by Crippen LogP contribution is 2.27. The van der Waals surface area contributed by atoms with Crippen LogP contribution >= 0.6 is 0 Å². The van der Waals surface area contributed by atoms with Crippen molar-refractivity contribution in [3.05, 3.63) is 35.4 Å². The minimum Gasteiger partial charge on any atom is -0.324 e. The first kappa shape index (κ1) is 11.9. The first-order valence-electron chi connectivity index (χ1n) is 6.32. The monoisotopic (exact) mass is 258 g/mol. The molecule has 1 N–H and O–H groups in total. The van der Waals surface area contributed by atoms with Crippen molar-refractivity contribution in [1.29, 1.82) is 0 Å². The van der Waals surface area contributed by atoms with Gasteiger partial charge >= 0.3 is 0 Å². The highest BCUT2D eigenvalue weighted by atomic mass is 16.2. The van der Waals surface area contributed by atoms with E-state index >= 15 is 0 Å². The second-order valence-corrected chi connectivity index (χ2v) is 5.04. The van der Waals surface area contributed by atoms with Crippen molar-refractivity contribution < 1.29 is 14.4 Å². The van der Waals surface area contributed by atoms with E-state index in [1.807, 2.05) is 24.3 Å². The van der Waals surface area contributed by atoms with Gasteiger partial charge in [-0.05, 0) is 24.0 Å². The Morgan fingerprint density at radius 3 is 2.11 bits per heavy atom. The van der Waals surface area contributed by atoms with E-state index in [1.165, 1.54) is 16.0 Å². The summed E-state index contributed by atoms with van der Waals surface area (Å²) in [5.74, 6) is -1.05. The van der Waals surface area contributed by atoms with Crippen LogP contribution in [0.4, 0.5) is 0 Å². The van der Waals surface area contributed by atoms with E-state index in [0.717, 1.165) is 0 Å². The standard InChI is InChI=1S/C14H14N2O3/c17-12-7-16(8-13(18)15-12)14(19)11-5-9-3-1-2-4-10(9)6-11/h1-4,11H,5-8H2,(H,15,17,18). The molecule has 2 aliphatic rings. The highest BCUT2D eigenvalue weighted by Gasteiger charge is 2.34. The van der Waals surface area contributed by atoms with Crippen molar-refractivity contribution in [1.82, 2.24) is 10.2 Å². The topological polar surface area (TPSA) is 66.5 Å². The summed E-state index contributed by atoms with van der Waals surface area (Å²) >= 11 is 0. The molecule has 19 heavy (non-hydrogen) atoms. The summed E-state index contributed by atoms with van der Waals surface area (Å²) < 4.78 is 0. The lowest BCUT2D eigenvalue weighted by Gasteiger charge is -2.27. The fraction of sp³-hybridized carbons (Fsp3) is 0.357. The van der Waals surface area contributed by atoms with E-state index in [9.17, 15) is 14.4 Å². The number of nitrogens with one attached hydrogen (secondary N) is 1. The quantitative estimate of drug-likeness (QED) is 0.715. The molecule has 1 heterocycles. The van der Waals surface area contributed by atoms with E-state index in [0.29, 0.717) is 12.8 Å². The number of fused-ring (bicyclic) bond motifs is 1. The van der Waals surface area contributed by atoms with Crippen LogP contribution in [0.15, 0.2) is 24.3 Å². The van der Waals surface area contributed by atoms with Gasteiger partial charge < -0.3 is 4.90 Å². The molecule has 0 radical (unpaired) electrons. The number of nitrogens with zero attached hydrogens (tertiary/aromatic N) is 1. The van der Waals surface area contributed by atoms with Crippen LogP contribution in [0, 0.1) is 5.92 Å². The molecular formula is C14H14N2O3. The molecule has 98 valence electrons. The largest absolute Gasteiger partial charge is 0.324 e. The predicted molar refractivity (Wildman–Crippen MR) is 67.1 cm³/mol. The van der Waals surface area contributed by atoms with Crippen LogP contribution < -0.4 is 5.32 Å². The number of hydrogen-bond acceptors (Lipinski definition) is 3. The summed E-state index contributed by atoms with van der Waals surface area (Å²) in [5.41, 5.74) is 2.38. The molecule has 1 aliphatic carbocycles. The molecule has 1 saturated heterocycles. The maximum absolute atomic E-state index is 12.4. The summed E-state index contributed by atoms with van der Waals surface area (Å²) in [6.45, 7) is -0.0329. The zero-order valence-corrected chi connectivity index (χ0v) is 10.4. The second-order valence-electron chi connectivity index (χ2n) is 5.04. The maximum Gasteiger partial charge on any atom is 0.246 e. The van der Waals surface area contributed by atoms with Gasteiger partial charge in [-0.3, -0.25) is 19.7 Å². The first-order chi connectivity index (χ1) is 9.13. The number of carbonyl (C=O) groups is 3. The van der Waals surface area contributed by atoms with E-state index in [4.69, 9.17) is 0 Å². The van der Waals surface area contributed by atoms with Crippen molar-refractivity contribution in [2.45, 2.75) is 12.8 Å². The lowest BCUT2D eigenvalue weighted by molar-refractivity contribution is -0.147. The Bertz CT molecular complexity index is 527. The van der Waals surface area contributed by atoms with Gasteiger partial charge in [0.1, 0.15) is 13.1 Å². The zero-order valence-electron chi connectivity index (χ0n) is 10.4. The van der Waals surface area contributed by atoms with Crippen LogP contribution in [0.25, 0.3) is 0 Å². The molecule has 3 amide bonds. The summed E-state index contributed by atoms with van der Waals surface area (Å²) in [4.78, 5) is 36.3. The molecule has 1 aromatic rings. The van der Waals surface area contributed by atoms with Crippen molar-refractivity contribution in [3.63, 3.8) is 0 Å². The number of amides is 3. The predicted octanol–water partition coefficient (Wildman–Crippen LogP) is -0.114. The van der Waals surface area contributed by atoms with Gasteiger partial charge in [-0.1, -0.05) is 24.3 Å². The second kappa shape index (κ2) is 4.50. The molecule has 1 aliphatic heterocycles. The van der Waals surface area contributed by atoms with Gasteiger partial charge in [0.05, 0.1) is 0 Å². The average Bonchev–Trinajstić information content (AvgIpc) is 2.80. The Hall–Kier alpha value is -2.17. The molecule has 0 spiro atoms. The van der Waals surface area contributed by atoms with Crippen LogP contribution in [0.2, 0.25) is 0 Å². The number of piperazine rings is 1. The zero-order chi connectivity index (χ0) is 13.4. The van der Waals surface area contributed by atoms with Gasteiger partial charge in [0.25, 0.3) is 0 Å². The lowest BCUT2D eigenvalue weighted by atomic mass is 10.0. The molecule has 0 unspecified atom stereocenters. The minimum atomic E-state index is -0.403. The van der Waals surface area contributed by atoms with Crippen LogP contribution in [-0.4, -0.2) is 35.7 Å². The van der Waals surface area contributed by atoms with Gasteiger partial charge in [-0.15, -0.1) is 0 Å². The van der Waals surface area contributed by atoms with Crippen molar-refractivity contribution in [2.75, 3.05) is 13.1 Å². The van der Waals surface area contributed by atoms with Crippen LogP contribution in [0.3, 0.4) is 0 Å². The number of hydrogen-bond donors (Lipinski definition) is 1. The van der Waals surface area contributed by atoms with E-state index in [1.54, 1.807) is 0 Å². The molecule has 1 fully saturated rings. The summed E-state index contributed by atoms with van der Waals surface area (Å²) in [5, 5.41) is 2.20. The van der Waals surface area contributed by atoms with Crippen LogP contribution in [0.5, 0.6) is 0 Å². The highest BCUT2D eigenvalue weighted by molar-refractivity contribution is 6.02. The fourth-order valence-corrected chi connectivity index (χ4v) is 2.78. The smallest absolute Gasteiger partial charge is 0.246 e. The van der Waals surface area contributed by atoms with Crippen molar-refractivity contribution in [3.8, 4) is 0 Å². The number of imide groups is 1. The molecule has 5 heteroatoms. The molecule has 0 bridgehead atoms. The number of carbonyl (C=O) groups excluding carboxylic acids is 3. The first-order valence-corrected chi connectivity index (χ1v) is 6.32. The van der Waals surface area contributed by atoms with Gasteiger partial charge in [-0.2, -0.15) is 0 Å². The molecule has 5 nitrogen and oxygen atoms in total. The van der Waals surface area contributed by atoms with Gasteiger partial charge in [0.15, 0.2) is 0 Å². The lowest BCUT2D eigenvalue weighted by Crippen LogP contribution is -2.54. The van der Waals surface area contributed by atoms with Crippen LogP contribution in [0.1, 0.15) is 11.1 Å². The molecule has 1 aromatic carbocycles. The van der Waals surface area contributed by atoms with E-state index in [-0.39, 0.29) is 24.9 Å². The van der Waals surface area contributed by atoms with Gasteiger partial charge in [0, 0.05) is 5.92 Å². The number of benzene rings is 1. The molecular weight excluding hydrogens is 244 g/mol. The van der Waals surface area contributed by atoms with E-state index in [2.05, 4.69) is 5.32 Å². The SMILES string of the molecule is O=C1CN(C(=O)C2Cc3ccccc3C2)CC(=O)N1. The third-order valence-corrected chi connectivity index (χ3v) is 3.66. The minimum absolute atomic E-state index is 0.0164. The molecule has 3 rings (SSSR count). The number of rotatable bonds is 1. The molecule has 0 saturated carbocycles. The Kier molecular flexibility index (Phi) is 2.81. The Balaban J connectivity index is 1.73. The van der Waals surface area contributed by atoms with Gasteiger partial charge in [-0.25, -0.2) is 0 Å². The third kappa shape index (κ3) is 2.23. The molecule has 0 aromatic heterocycles. The van der Waals surface area contributed by atoms with Crippen molar-refractivity contribution >= 4 is 17.7 Å². The fourth-order valence-electron chi connectivity index (χ4n) is 2.78. The van der Waals surface area contributed by atoms with E-state index < -0.39 is 11.8 Å². The van der Waals surface area contributed by atoms with Gasteiger partial charge in [0.2, 0.25) is 17.7 Å². The summed E-state index contributed by atoms with van der Waals surface area (Å²) in [6, 6.07) is 7.97. The Morgan fingerprint density at radius 2 is 1.58 bits per heavy atom.